The summed E-state index contributed by atoms with van der Waals surface area (Å²) in [4.78, 5) is 16.0. The van der Waals surface area contributed by atoms with Gasteiger partial charge in [0.15, 0.2) is 0 Å². The molecule has 1 aromatic carbocycles. The molecule has 4 nitrogen and oxygen atoms in total. The molecule has 4 heteroatoms. The fourth-order valence-corrected chi connectivity index (χ4v) is 2.91. The normalized spacial score (nSPS) is 21.2. The number of carbonyl (C=O) groups is 1. The third kappa shape index (κ3) is 2.15. The lowest BCUT2D eigenvalue weighted by Crippen LogP contribution is -2.46. The van der Waals surface area contributed by atoms with Crippen LogP contribution in [0.4, 0.5) is 10.5 Å². The molecule has 2 amide bonds. The molecule has 0 atom stereocenters. The highest BCUT2D eigenvalue weighted by atomic mass is 16.2. The largest absolute Gasteiger partial charge is 0.371 e. The van der Waals surface area contributed by atoms with Gasteiger partial charge in [0.2, 0.25) is 0 Å². The van der Waals surface area contributed by atoms with Crippen LogP contribution in [0.15, 0.2) is 30.3 Å². The molecule has 96 valence electrons. The molecule has 0 saturated carbocycles. The Balaban J connectivity index is 1.60. The van der Waals surface area contributed by atoms with Gasteiger partial charge in [-0.1, -0.05) is 18.2 Å². The maximum atomic E-state index is 11.6. The predicted octanol–water partition coefficient (Wildman–Crippen LogP) is 1.68. The van der Waals surface area contributed by atoms with Crippen LogP contribution < -0.4 is 10.2 Å². The summed E-state index contributed by atoms with van der Waals surface area (Å²) >= 11 is 0. The van der Waals surface area contributed by atoms with E-state index in [2.05, 4.69) is 34.5 Å². The highest BCUT2D eigenvalue weighted by Crippen LogP contribution is 2.23. The Morgan fingerprint density at radius 2 is 1.78 bits per heavy atom. The minimum absolute atomic E-state index is 0.119. The van der Waals surface area contributed by atoms with E-state index in [1.165, 1.54) is 5.69 Å². The van der Waals surface area contributed by atoms with Gasteiger partial charge in [-0.05, 0) is 25.0 Å². The van der Waals surface area contributed by atoms with Crippen LogP contribution in [0.25, 0.3) is 0 Å². The lowest BCUT2D eigenvalue weighted by atomic mass is 10.0. The van der Waals surface area contributed by atoms with E-state index in [4.69, 9.17) is 0 Å². The van der Waals surface area contributed by atoms with Gasteiger partial charge in [-0.2, -0.15) is 0 Å². The second kappa shape index (κ2) is 4.88. The molecule has 0 spiro atoms. The molecule has 2 saturated heterocycles. The quantitative estimate of drug-likeness (QED) is 0.860. The molecule has 0 aliphatic carbocycles. The summed E-state index contributed by atoms with van der Waals surface area (Å²) in [6.07, 6.45) is 2.14. The Kier molecular flexibility index (Phi) is 3.09. The van der Waals surface area contributed by atoms with E-state index in [0.29, 0.717) is 6.04 Å². The summed E-state index contributed by atoms with van der Waals surface area (Å²) in [5, 5.41) is 2.88. The fraction of sp³-hybridized carbons (Fsp3) is 0.500. The number of rotatable bonds is 2. The van der Waals surface area contributed by atoms with Gasteiger partial charge in [0, 0.05) is 37.9 Å². The van der Waals surface area contributed by atoms with Crippen LogP contribution in [0.1, 0.15) is 12.8 Å². The Morgan fingerprint density at radius 3 is 2.39 bits per heavy atom. The van der Waals surface area contributed by atoms with Crippen molar-refractivity contribution in [3.63, 3.8) is 0 Å². The van der Waals surface area contributed by atoms with E-state index in [9.17, 15) is 4.79 Å². The van der Waals surface area contributed by atoms with E-state index in [1.807, 2.05) is 11.0 Å². The molecule has 0 bridgehead atoms. The SMILES string of the molecule is O=C1NCCN1C1CCN(c2ccccc2)CC1. The average Bonchev–Trinajstić information content (AvgIpc) is 2.86. The summed E-state index contributed by atoms with van der Waals surface area (Å²) in [5.74, 6) is 0. The van der Waals surface area contributed by atoms with Gasteiger partial charge < -0.3 is 15.1 Å². The predicted molar refractivity (Wildman–Crippen MR) is 71.8 cm³/mol. The van der Waals surface area contributed by atoms with Crippen molar-refractivity contribution >= 4 is 11.7 Å². The summed E-state index contributed by atoms with van der Waals surface area (Å²) in [6.45, 7) is 3.75. The number of para-hydroxylation sites is 1. The number of hydrogen-bond donors (Lipinski definition) is 1. The van der Waals surface area contributed by atoms with Crippen molar-refractivity contribution in [2.75, 3.05) is 31.1 Å². The zero-order valence-electron chi connectivity index (χ0n) is 10.5. The Labute approximate surface area is 108 Å². The monoisotopic (exact) mass is 245 g/mol. The number of amides is 2. The number of benzene rings is 1. The summed E-state index contributed by atoms with van der Waals surface area (Å²) < 4.78 is 0. The molecule has 2 aliphatic rings. The van der Waals surface area contributed by atoms with Gasteiger partial charge in [0.1, 0.15) is 0 Å². The molecule has 18 heavy (non-hydrogen) atoms. The van der Waals surface area contributed by atoms with Crippen LogP contribution in [0, 0.1) is 0 Å². The van der Waals surface area contributed by atoms with Crippen LogP contribution in [0.2, 0.25) is 0 Å². The van der Waals surface area contributed by atoms with Crippen LogP contribution in [0.5, 0.6) is 0 Å². The molecule has 3 rings (SSSR count). The number of hydrogen-bond acceptors (Lipinski definition) is 2. The number of piperidine rings is 1. The second-order valence-corrected chi connectivity index (χ2v) is 4.98. The Hall–Kier alpha value is -1.71. The zero-order valence-corrected chi connectivity index (χ0v) is 10.5. The van der Waals surface area contributed by atoms with Crippen molar-refractivity contribution in [1.82, 2.24) is 10.2 Å². The van der Waals surface area contributed by atoms with E-state index in [-0.39, 0.29) is 6.03 Å². The summed E-state index contributed by atoms with van der Waals surface area (Å²) in [5.41, 5.74) is 1.29. The highest BCUT2D eigenvalue weighted by Gasteiger charge is 2.30. The van der Waals surface area contributed by atoms with Crippen molar-refractivity contribution in [2.24, 2.45) is 0 Å². The molecule has 0 aromatic heterocycles. The zero-order chi connectivity index (χ0) is 12.4. The first-order chi connectivity index (χ1) is 8.84. The average molecular weight is 245 g/mol. The molecule has 1 aromatic rings. The van der Waals surface area contributed by atoms with Gasteiger partial charge in [0.05, 0.1) is 0 Å². The third-order valence-corrected chi connectivity index (χ3v) is 3.92. The van der Waals surface area contributed by atoms with Gasteiger partial charge in [-0.25, -0.2) is 4.79 Å². The van der Waals surface area contributed by atoms with E-state index >= 15 is 0 Å². The maximum Gasteiger partial charge on any atom is 0.317 e. The van der Waals surface area contributed by atoms with E-state index in [1.54, 1.807) is 0 Å². The van der Waals surface area contributed by atoms with Crippen LogP contribution >= 0.6 is 0 Å². The van der Waals surface area contributed by atoms with Gasteiger partial charge in [-0.15, -0.1) is 0 Å². The number of carbonyl (C=O) groups excluding carboxylic acids is 1. The van der Waals surface area contributed by atoms with E-state index < -0.39 is 0 Å². The number of nitrogens with one attached hydrogen (secondary N) is 1. The fourth-order valence-electron chi connectivity index (χ4n) is 2.91. The highest BCUT2D eigenvalue weighted by molar-refractivity contribution is 5.76. The molecule has 2 aliphatic heterocycles. The Morgan fingerprint density at radius 1 is 1.06 bits per heavy atom. The molecule has 0 radical (unpaired) electrons. The van der Waals surface area contributed by atoms with Gasteiger partial charge in [-0.3, -0.25) is 0 Å². The van der Waals surface area contributed by atoms with Crippen molar-refractivity contribution in [3.05, 3.63) is 30.3 Å². The molecular weight excluding hydrogens is 226 g/mol. The standard InChI is InChI=1S/C14H19N3O/c18-14-15-8-11-17(14)13-6-9-16(10-7-13)12-4-2-1-3-5-12/h1-5,13H,6-11H2,(H,15,18). The molecular formula is C14H19N3O. The summed E-state index contributed by atoms with van der Waals surface area (Å²) in [7, 11) is 0. The number of urea groups is 1. The minimum atomic E-state index is 0.119. The van der Waals surface area contributed by atoms with Gasteiger partial charge in [0.25, 0.3) is 0 Å². The molecule has 0 unspecified atom stereocenters. The lowest BCUT2D eigenvalue weighted by molar-refractivity contribution is 0.186. The topological polar surface area (TPSA) is 35.6 Å². The minimum Gasteiger partial charge on any atom is -0.371 e. The van der Waals surface area contributed by atoms with E-state index in [0.717, 1.165) is 39.0 Å². The van der Waals surface area contributed by atoms with Crippen LogP contribution in [-0.2, 0) is 0 Å². The van der Waals surface area contributed by atoms with Crippen molar-refractivity contribution < 1.29 is 4.79 Å². The molecule has 2 fully saturated rings. The first-order valence-corrected chi connectivity index (χ1v) is 6.69. The molecule has 1 N–H and O–H groups in total. The second-order valence-electron chi connectivity index (χ2n) is 4.98. The van der Waals surface area contributed by atoms with Crippen LogP contribution in [-0.4, -0.2) is 43.2 Å². The van der Waals surface area contributed by atoms with Crippen molar-refractivity contribution in [1.29, 1.82) is 0 Å². The number of nitrogens with zero attached hydrogens (tertiary/aromatic N) is 2. The number of anilines is 1. The maximum absolute atomic E-state index is 11.6. The first-order valence-electron chi connectivity index (χ1n) is 6.69. The van der Waals surface area contributed by atoms with Crippen molar-refractivity contribution in [2.45, 2.75) is 18.9 Å². The Bertz CT molecular complexity index is 412. The third-order valence-electron chi connectivity index (χ3n) is 3.92. The molecule has 2 heterocycles. The van der Waals surface area contributed by atoms with Crippen molar-refractivity contribution in [3.8, 4) is 0 Å². The smallest absolute Gasteiger partial charge is 0.317 e. The van der Waals surface area contributed by atoms with Crippen LogP contribution in [0.3, 0.4) is 0 Å². The summed E-state index contributed by atoms with van der Waals surface area (Å²) in [6, 6.07) is 11.1. The first kappa shape index (κ1) is 11.4. The van der Waals surface area contributed by atoms with Gasteiger partial charge >= 0.3 is 6.03 Å². The lowest BCUT2D eigenvalue weighted by Gasteiger charge is -2.37.